The van der Waals surface area contributed by atoms with Crippen molar-refractivity contribution in [2.24, 2.45) is 10.8 Å². The molecule has 0 saturated carbocycles. The Hall–Kier alpha value is -0.640. The molecule has 0 aromatic heterocycles. The third-order valence-corrected chi connectivity index (χ3v) is 3.35. The highest BCUT2D eigenvalue weighted by atomic mass is 16.3. The van der Waals surface area contributed by atoms with Crippen molar-refractivity contribution in [3.63, 3.8) is 0 Å². The highest BCUT2D eigenvalue weighted by Crippen LogP contribution is 2.44. The summed E-state index contributed by atoms with van der Waals surface area (Å²) in [6.45, 7) is 8.60. The molecule has 0 bridgehead atoms. The second-order valence-corrected chi connectivity index (χ2v) is 4.30. The lowest BCUT2D eigenvalue weighted by Crippen LogP contribution is -2.47. The third kappa shape index (κ3) is 2.68. The first-order valence-electron chi connectivity index (χ1n) is 5.10. The van der Waals surface area contributed by atoms with Crippen molar-refractivity contribution in [2.45, 2.75) is 19.8 Å². The van der Waals surface area contributed by atoms with Crippen molar-refractivity contribution >= 4 is 0 Å². The molecular weight excluding hydrogens is 192 g/mol. The molecule has 0 saturated heterocycles. The van der Waals surface area contributed by atoms with Gasteiger partial charge in [-0.25, -0.2) is 0 Å². The van der Waals surface area contributed by atoms with Crippen molar-refractivity contribution in [1.82, 2.24) is 0 Å². The fraction of sp³-hybridized carbons (Fsp3) is 0.667. The molecular formula is C12H22O3. The molecule has 0 atom stereocenters. The van der Waals surface area contributed by atoms with E-state index in [-0.39, 0.29) is 19.8 Å². The number of hydrogen-bond donors (Lipinski definition) is 3. The highest BCUT2D eigenvalue weighted by Gasteiger charge is 2.45. The molecule has 0 aromatic rings. The monoisotopic (exact) mass is 214 g/mol. The summed E-state index contributed by atoms with van der Waals surface area (Å²) in [6, 6.07) is 0. The summed E-state index contributed by atoms with van der Waals surface area (Å²) in [4.78, 5) is 0. The second kappa shape index (κ2) is 6.05. The molecule has 15 heavy (non-hydrogen) atoms. The quantitative estimate of drug-likeness (QED) is 0.530. The maximum Gasteiger partial charge on any atom is 0.0513 e. The van der Waals surface area contributed by atoms with Gasteiger partial charge in [0.05, 0.1) is 13.2 Å². The number of hydrogen-bond acceptors (Lipinski definition) is 3. The Bertz CT molecular complexity index is 197. The molecule has 0 aliphatic rings. The lowest BCUT2D eigenvalue weighted by molar-refractivity contribution is -0.0732. The Morgan fingerprint density at radius 3 is 1.53 bits per heavy atom. The second-order valence-electron chi connectivity index (χ2n) is 4.30. The molecule has 0 rings (SSSR count). The predicted molar refractivity (Wildman–Crippen MR) is 61.4 cm³/mol. The topological polar surface area (TPSA) is 60.7 Å². The molecule has 0 unspecified atom stereocenters. The highest BCUT2D eigenvalue weighted by molar-refractivity contribution is 5.01. The maximum atomic E-state index is 9.52. The smallest absolute Gasteiger partial charge is 0.0513 e. The van der Waals surface area contributed by atoms with Gasteiger partial charge in [-0.3, -0.25) is 0 Å². The van der Waals surface area contributed by atoms with Crippen LogP contribution in [-0.4, -0.2) is 35.1 Å². The number of aliphatic hydroxyl groups excluding tert-OH is 3. The molecule has 0 fully saturated rings. The van der Waals surface area contributed by atoms with Crippen LogP contribution in [0.4, 0.5) is 0 Å². The Morgan fingerprint density at radius 1 is 0.933 bits per heavy atom. The van der Waals surface area contributed by atoms with Gasteiger partial charge in [0.1, 0.15) is 0 Å². The van der Waals surface area contributed by atoms with Crippen molar-refractivity contribution in [1.29, 1.82) is 0 Å². The molecule has 0 radical (unpaired) electrons. The minimum absolute atomic E-state index is 0.108. The molecule has 0 aliphatic carbocycles. The first kappa shape index (κ1) is 14.4. The average Bonchev–Trinajstić information content (AvgIpc) is 2.27. The average molecular weight is 214 g/mol. The van der Waals surface area contributed by atoms with Crippen molar-refractivity contribution < 1.29 is 15.3 Å². The summed E-state index contributed by atoms with van der Waals surface area (Å²) in [5.74, 6) is 0. The van der Waals surface area contributed by atoms with E-state index >= 15 is 0 Å². The van der Waals surface area contributed by atoms with Gasteiger partial charge in [0.15, 0.2) is 0 Å². The van der Waals surface area contributed by atoms with Gasteiger partial charge in [-0.15, -0.1) is 13.2 Å². The van der Waals surface area contributed by atoms with E-state index in [9.17, 15) is 15.3 Å². The first-order chi connectivity index (χ1) is 7.05. The molecule has 88 valence electrons. The van der Waals surface area contributed by atoms with Gasteiger partial charge < -0.3 is 15.3 Å². The lowest BCUT2D eigenvalue weighted by atomic mass is 9.62. The predicted octanol–water partition coefficient (Wildman–Crippen LogP) is 1.11. The van der Waals surface area contributed by atoms with Crippen LogP contribution in [-0.2, 0) is 0 Å². The van der Waals surface area contributed by atoms with E-state index in [4.69, 9.17) is 0 Å². The molecule has 3 N–H and O–H groups in total. The van der Waals surface area contributed by atoms with E-state index in [1.165, 1.54) is 0 Å². The zero-order valence-corrected chi connectivity index (χ0v) is 9.45. The summed E-state index contributed by atoms with van der Waals surface area (Å²) >= 11 is 0. The van der Waals surface area contributed by atoms with Gasteiger partial charge in [-0.1, -0.05) is 19.1 Å². The summed E-state index contributed by atoms with van der Waals surface area (Å²) in [5, 5.41) is 28.2. The van der Waals surface area contributed by atoms with Crippen LogP contribution < -0.4 is 0 Å². The van der Waals surface area contributed by atoms with Gasteiger partial charge in [0.2, 0.25) is 0 Å². The summed E-state index contributed by atoms with van der Waals surface area (Å²) < 4.78 is 0. The van der Waals surface area contributed by atoms with Crippen molar-refractivity contribution in [3.05, 3.63) is 25.3 Å². The zero-order chi connectivity index (χ0) is 11.9. The molecule has 3 heteroatoms. The molecule has 0 spiro atoms. The van der Waals surface area contributed by atoms with Crippen LogP contribution in [0, 0.1) is 10.8 Å². The normalized spacial score (nSPS) is 12.5. The minimum atomic E-state index is -0.732. The van der Waals surface area contributed by atoms with Crippen LogP contribution in [0.15, 0.2) is 25.3 Å². The van der Waals surface area contributed by atoms with E-state index < -0.39 is 10.8 Å². The summed E-state index contributed by atoms with van der Waals surface area (Å²) in [7, 11) is 0. The van der Waals surface area contributed by atoms with Gasteiger partial charge in [-0.05, 0) is 12.8 Å². The SMILES string of the molecule is C=CCC(CO)(CC=C)C(C)(CO)CO. The lowest BCUT2D eigenvalue weighted by Gasteiger charge is -2.45. The van der Waals surface area contributed by atoms with Gasteiger partial charge in [0.25, 0.3) is 0 Å². The molecule has 0 amide bonds. The number of rotatable bonds is 8. The van der Waals surface area contributed by atoms with Crippen molar-refractivity contribution in [2.75, 3.05) is 19.8 Å². The fourth-order valence-corrected chi connectivity index (χ4v) is 1.83. The molecule has 0 aliphatic heterocycles. The standard InChI is InChI=1S/C12H22O3/c1-4-6-12(10-15,7-5-2)11(3,8-13)9-14/h4-5,13-15H,1-2,6-10H2,3H3. The molecule has 3 nitrogen and oxygen atoms in total. The van der Waals surface area contributed by atoms with Gasteiger partial charge in [-0.2, -0.15) is 0 Å². The minimum Gasteiger partial charge on any atom is -0.396 e. The van der Waals surface area contributed by atoms with E-state index in [1.807, 2.05) is 0 Å². The largest absolute Gasteiger partial charge is 0.396 e. The number of aliphatic hydroxyl groups is 3. The molecule has 0 aromatic carbocycles. The van der Waals surface area contributed by atoms with Gasteiger partial charge >= 0.3 is 0 Å². The van der Waals surface area contributed by atoms with E-state index in [0.717, 1.165) is 0 Å². The Balaban J connectivity index is 5.17. The van der Waals surface area contributed by atoms with Crippen LogP contribution in [0.25, 0.3) is 0 Å². The number of allylic oxidation sites excluding steroid dienone is 2. The first-order valence-corrected chi connectivity index (χ1v) is 5.10. The van der Waals surface area contributed by atoms with E-state index in [2.05, 4.69) is 13.2 Å². The van der Waals surface area contributed by atoms with Crippen LogP contribution in [0.2, 0.25) is 0 Å². The van der Waals surface area contributed by atoms with E-state index in [0.29, 0.717) is 12.8 Å². The maximum absolute atomic E-state index is 9.52. The fourth-order valence-electron chi connectivity index (χ4n) is 1.83. The third-order valence-electron chi connectivity index (χ3n) is 3.35. The van der Waals surface area contributed by atoms with E-state index in [1.54, 1.807) is 19.1 Å². The molecule has 0 heterocycles. The summed E-state index contributed by atoms with van der Waals surface area (Å²) in [5.41, 5.74) is -1.32. The van der Waals surface area contributed by atoms with Crippen LogP contribution in [0.3, 0.4) is 0 Å². The zero-order valence-electron chi connectivity index (χ0n) is 9.45. The Morgan fingerprint density at radius 2 is 1.33 bits per heavy atom. The Kier molecular flexibility index (Phi) is 5.80. The van der Waals surface area contributed by atoms with Crippen LogP contribution >= 0.6 is 0 Å². The Labute approximate surface area is 91.8 Å². The van der Waals surface area contributed by atoms with Crippen LogP contribution in [0.5, 0.6) is 0 Å². The van der Waals surface area contributed by atoms with Crippen molar-refractivity contribution in [3.8, 4) is 0 Å². The van der Waals surface area contributed by atoms with Crippen LogP contribution in [0.1, 0.15) is 19.8 Å². The summed E-state index contributed by atoms with van der Waals surface area (Å²) in [6.07, 6.45) is 4.47. The van der Waals surface area contributed by atoms with Gasteiger partial charge in [0, 0.05) is 17.4 Å².